The van der Waals surface area contributed by atoms with Gasteiger partial charge in [0.15, 0.2) is 0 Å². The van der Waals surface area contributed by atoms with E-state index < -0.39 is 12.1 Å². The lowest BCUT2D eigenvalue weighted by atomic mass is 10.3. The van der Waals surface area contributed by atoms with Crippen LogP contribution in [0.3, 0.4) is 0 Å². The van der Waals surface area contributed by atoms with Crippen molar-refractivity contribution in [3.63, 3.8) is 0 Å². The maximum Gasteiger partial charge on any atom is 0.327 e. The third-order valence-electron chi connectivity index (χ3n) is 3.22. The van der Waals surface area contributed by atoms with Gasteiger partial charge >= 0.3 is 6.03 Å². The number of nitrogens with zero attached hydrogens (tertiary/aromatic N) is 3. The molecule has 1 aromatic heterocycles. The molecular formula is C13H18N4O4. The molecule has 4 amide bonds. The molecular weight excluding hydrogens is 276 g/mol. The van der Waals surface area contributed by atoms with Gasteiger partial charge in [-0.25, -0.2) is 4.79 Å². The van der Waals surface area contributed by atoms with Crippen LogP contribution >= 0.6 is 0 Å². The molecule has 0 unspecified atom stereocenters. The van der Waals surface area contributed by atoms with Crippen molar-refractivity contribution in [3.05, 3.63) is 24.0 Å². The number of likely N-dealkylation sites (N-methyl/N-ethyl adjacent to an activating group) is 1. The SMILES string of the molecule is CN1CC(=O)N(C[C@@H](O)CNC(=O)c2ccn(C)c2)C1=O. The van der Waals surface area contributed by atoms with Gasteiger partial charge in [0.2, 0.25) is 5.91 Å². The van der Waals surface area contributed by atoms with Gasteiger partial charge in [-0.15, -0.1) is 0 Å². The molecule has 1 fully saturated rings. The quantitative estimate of drug-likeness (QED) is 0.682. The molecule has 1 aliphatic rings. The molecule has 8 nitrogen and oxygen atoms in total. The predicted molar refractivity (Wildman–Crippen MR) is 73.5 cm³/mol. The number of rotatable bonds is 5. The second-order valence-electron chi connectivity index (χ2n) is 5.07. The van der Waals surface area contributed by atoms with Gasteiger partial charge in [-0.1, -0.05) is 0 Å². The number of nitrogens with one attached hydrogen (secondary N) is 1. The molecule has 8 heteroatoms. The average Bonchev–Trinajstić information content (AvgIpc) is 2.96. The second-order valence-corrected chi connectivity index (χ2v) is 5.07. The zero-order valence-electron chi connectivity index (χ0n) is 11.9. The van der Waals surface area contributed by atoms with Gasteiger partial charge in [0.05, 0.1) is 18.2 Å². The van der Waals surface area contributed by atoms with E-state index in [1.807, 2.05) is 0 Å². The van der Waals surface area contributed by atoms with Crippen molar-refractivity contribution in [2.24, 2.45) is 7.05 Å². The van der Waals surface area contributed by atoms with E-state index in [1.165, 1.54) is 11.9 Å². The number of urea groups is 1. The molecule has 2 rings (SSSR count). The summed E-state index contributed by atoms with van der Waals surface area (Å²) in [6.07, 6.45) is 2.39. The largest absolute Gasteiger partial charge is 0.389 e. The van der Waals surface area contributed by atoms with Crippen molar-refractivity contribution < 1.29 is 19.5 Å². The molecule has 0 radical (unpaired) electrons. The van der Waals surface area contributed by atoms with Crippen LogP contribution in [0.2, 0.25) is 0 Å². The molecule has 0 spiro atoms. The molecule has 1 atom stereocenters. The molecule has 114 valence electrons. The molecule has 0 bridgehead atoms. The number of aryl methyl sites for hydroxylation is 1. The van der Waals surface area contributed by atoms with Gasteiger partial charge in [-0.2, -0.15) is 0 Å². The lowest BCUT2D eigenvalue weighted by Gasteiger charge is -2.18. The van der Waals surface area contributed by atoms with Gasteiger partial charge in [0.25, 0.3) is 5.91 Å². The summed E-state index contributed by atoms with van der Waals surface area (Å²) in [6.45, 7) is -0.145. The van der Waals surface area contributed by atoms with Crippen LogP contribution in [0, 0.1) is 0 Å². The van der Waals surface area contributed by atoms with Crippen LogP contribution in [0.4, 0.5) is 4.79 Å². The molecule has 1 aromatic rings. The third-order valence-corrected chi connectivity index (χ3v) is 3.22. The van der Waals surface area contributed by atoms with E-state index in [2.05, 4.69) is 5.32 Å². The summed E-state index contributed by atoms with van der Waals surface area (Å²) >= 11 is 0. The smallest absolute Gasteiger partial charge is 0.327 e. The van der Waals surface area contributed by atoms with E-state index in [0.717, 1.165) is 4.90 Å². The first kappa shape index (κ1) is 15.0. The topological polar surface area (TPSA) is 94.9 Å². The van der Waals surface area contributed by atoms with Crippen molar-refractivity contribution in [3.8, 4) is 0 Å². The van der Waals surface area contributed by atoms with Crippen LogP contribution in [0.5, 0.6) is 0 Å². The van der Waals surface area contributed by atoms with Crippen molar-refractivity contribution in [2.45, 2.75) is 6.10 Å². The monoisotopic (exact) mass is 294 g/mol. The number of amides is 4. The summed E-state index contributed by atoms with van der Waals surface area (Å²) in [6, 6.07) is 1.22. The molecule has 0 saturated carbocycles. The standard InChI is InChI=1S/C13H18N4O4/c1-15-4-3-9(6-15)12(20)14-5-10(18)7-17-11(19)8-16(2)13(17)21/h3-4,6,10,18H,5,7-8H2,1-2H3,(H,14,20)/t10-/m0/s1. The van der Waals surface area contributed by atoms with Crippen LogP contribution in [-0.2, 0) is 11.8 Å². The Labute approximate surface area is 121 Å². The Morgan fingerprint density at radius 3 is 2.67 bits per heavy atom. The summed E-state index contributed by atoms with van der Waals surface area (Å²) in [5.74, 6) is -0.665. The Bertz CT molecular complexity index is 568. The highest BCUT2D eigenvalue weighted by atomic mass is 16.3. The van der Waals surface area contributed by atoms with Gasteiger partial charge in [0.1, 0.15) is 6.54 Å². The van der Waals surface area contributed by atoms with Crippen LogP contribution in [0.15, 0.2) is 18.5 Å². The van der Waals surface area contributed by atoms with Crippen molar-refractivity contribution in [2.75, 3.05) is 26.7 Å². The number of aliphatic hydroxyl groups is 1. The second kappa shape index (κ2) is 5.96. The Hall–Kier alpha value is -2.35. The van der Waals surface area contributed by atoms with Crippen LogP contribution < -0.4 is 5.32 Å². The number of carbonyl (C=O) groups is 3. The normalized spacial score (nSPS) is 16.5. The Kier molecular flexibility index (Phi) is 4.27. The summed E-state index contributed by atoms with van der Waals surface area (Å²) in [5.41, 5.74) is 0.484. The van der Waals surface area contributed by atoms with Crippen LogP contribution in [-0.4, -0.2) is 70.1 Å². The number of hydrogen-bond donors (Lipinski definition) is 2. The van der Waals surface area contributed by atoms with E-state index in [1.54, 1.807) is 30.1 Å². The number of β-amino-alcohol motifs (C(OH)–C–C–N with tert-alkyl or cyclic N) is 1. The molecule has 2 N–H and O–H groups in total. The Balaban J connectivity index is 1.82. The fourth-order valence-corrected chi connectivity index (χ4v) is 2.07. The van der Waals surface area contributed by atoms with E-state index in [-0.39, 0.29) is 31.4 Å². The minimum absolute atomic E-state index is 0.0158. The van der Waals surface area contributed by atoms with Gasteiger partial charge in [-0.3, -0.25) is 14.5 Å². The Morgan fingerprint density at radius 1 is 1.43 bits per heavy atom. The van der Waals surface area contributed by atoms with E-state index >= 15 is 0 Å². The number of aromatic nitrogens is 1. The highest BCUT2D eigenvalue weighted by molar-refractivity contribution is 6.01. The van der Waals surface area contributed by atoms with Gasteiger partial charge in [-0.05, 0) is 6.07 Å². The molecule has 2 heterocycles. The molecule has 0 aromatic carbocycles. The maximum atomic E-state index is 11.8. The fourth-order valence-electron chi connectivity index (χ4n) is 2.07. The molecule has 1 saturated heterocycles. The summed E-state index contributed by atoms with van der Waals surface area (Å²) < 4.78 is 1.74. The van der Waals surface area contributed by atoms with Crippen LogP contribution in [0.1, 0.15) is 10.4 Å². The minimum atomic E-state index is -1.00. The van der Waals surface area contributed by atoms with Gasteiger partial charge < -0.3 is 19.9 Å². The predicted octanol–water partition coefficient (Wildman–Crippen LogP) is -0.990. The van der Waals surface area contributed by atoms with Gasteiger partial charge in [0, 0.05) is 33.0 Å². The molecule has 0 aliphatic carbocycles. The van der Waals surface area contributed by atoms with Crippen LogP contribution in [0.25, 0.3) is 0 Å². The minimum Gasteiger partial charge on any atom is -0.389 e. The third kappa shape index (κ3) is 3.40. The molecule has 21 heavy (non-hydrogen) atoms. The first-order valence-corrected chi connectivity index (χ1v) is 6.52. The van der Waals surface area contributed by atoms with Crippen molar-refractivity contribution >= 4 is 17.8 Å². The molecule has 1 aliphatic heterocycles. The summed E-state index contributed by atoms with van der Waals surface area (Å²) in [4.78, 5) is 37.2. The van der Waals surface area contributed by atoms with E-state index in [4.69, 9.17) is 0 Å². The summed E-state index contributed by atoms with van der Waals surface area (Å²) in [7, 11) is 3.32. The number of aliphatic hydroxyl groups excluding tert-OH is 1. The number of carbonyl (C=O) groups excluding carboxylic acids is 3. The van der Waals surface area contributed by atoms with Crippen molar-refractivity contribution in [1.82, 2.24) is 19.7 Å². The number of imide groups is 1. The zero-order valence-corrected chi connectivity index (χ0v) is 11.9. The van der Waals surface area contributed by atoms with E-state index in [0.29, 0.717) is 5.56 Å². The lowest BCUT2D eigenvalue weighted by molar-refractivity contribution is -0.126. The summed E-state index contributed by atoms with van der Waals surface area (Å²) in [5, 5.41) is 12.4. The first-order valence-electron chi connectivity index (χ1n) is 6.52. The zero-order chi connectivity index (χ0) is 15.6. The highest BCUT2D eigenvalue weighted by Crippen LogP contribution is 2.08. The lowest BCUT2D eigenvalue weighted by Crippen LogP contribution is -2.43. The highest BCUT2D eigenvalue weighted by Gasteiger charge is 2.34. The average molecular weight is 294 g/mol. The number of hydrogen-bond acceptors (Lipinski definition) is 4. The fraction of sp³-hybridized carbons (Fsp3) is 0.462. The first-order chi connectivity index (χ1) is 9.88. The van der Waals surface area contributed by atoms with Crippen molar-refractivity contribution in [1.29, 1.82) is 0 Å². The maximum absolute atomic E-state index is 11.8. The van der Waals surface area contributed by atoms with E-state index in [9.17, 15) is 19.5 Å². The Morgan fingerprint density at radius 2 is 2.14 bits per heavy atom.